The molecular formula is C14H10ClF2NO3. The molecule has 0 aromatic heterocycles. The van der Waals surface area contributed by atoms with Crippen LogP contribution < -0.4 is 10.1 Å². The highest BCUT2D eigenvalue weighted by Gasteiger charge is 2.12. The molecule has 0 radical (unpaired) electrons. The van der Waals surface area contributed by atoms with Crippen molar-refractivity contribution in [2.45, 2.75) is 6.61 Å². The van der Waals surface area contributed by atoms with Crippen LogP contribution in [0, 0.1) is 0 Å². The van der Waals surface area contributed by atoms with E-state index >= 15 is 0 Å². The average molecular weight is 314 g/mol. The first-order valence-electron chi connectivity index (χ1n) is 5.80. The van der Waals surface area contributed by atoms with Crippen LogP contribution >= 0.6 is 11.6 Å². The fourth-order valence-electron chi connectivity index (χ4n) is 1.61. The Morgan fingerprint density at radius 1 is 1.19 bits per heavy atom. The molecular weight excluding hydrogens is 304 g/mol. The summed E-state index contributed by atoms with van der Waals surface area (Å²) in [5.74, 6) is -0.637. The first-order chi connectivity index (χ1) is 9.95. The highest BCUT2D eigenvalue weighted by Crippen LogP contribution is 2.23. The Morgan fingerprint density at radius 2 is 1.86 bits per heavy atom. The molecule has 0 aliphatic heterocycles. The number of hydrogen-bond acceptors (Lipinski definition) is 3. The van der Waals surface area contributed by atoms with Gasteiger partial charge in [0.1, 0.15) is 11.5 Å². The van der Waals surface area contributed by atoms with Crippen LogP contribution in [-0.2, 0) is 0 Å². The summed E-state index contributed by atoms with van der Waals surface area (Å²) in [6.45, 7) is -2.91. The minimum absolute atomic E-state index is 0.0154. The molecule has 0 atom stereocenters. The second kappa shape index (κ2) is 6.41. The van der Waals surface area contributed by atoms with Gasteiger partial charge in [0.05, 0.1) is 10.6 Å². The number of phenolic OH excluding ortho intramolecular Hbond substituents is 1. The van der Waals surface area contributed by atoms with Gasteiger partial charge in [-0.25, -0.2) is 0 Å². The summed E-state index contributed by atoms with van der Waals surface area (Å²) >= 11 is 5.86. The SMILES string of the molecule is O=C(Nc1ccc(OC(F)F)cc1)c1cc(O)ccc1Cl. The fraction of sp³-hybridized carbons (Fsp3) is 0.0714. The van der Waals surface area contributed by atoms with E-state index in [2.05, 4.69) is 10.1 Å². The van der Waals surface area contributed by atoms with Gasteiger partial charge >= 0.3 is 6.61 Å². The maximum atomic E-state index is 12.0. The number of aromatic hydroxyl groups is 1. The molecule has 2 N–H and O–H groups in total. The molecule has 0 spiro atoms. The van der Waals surface area contributed by atoms with Crippen LogP contribution in [0.4, 0.5) is 14.5 Å². The van der Waals surface area contributed by atoms with E-state index in [0.29, 0.717) is 5.69 Å². The van der Waals surface area contributed by atoms with Crippen molar-refractivity contribution < 1.29 is 23.4 Å². The van der Waals surface area contributed by atoms with E-state index in [1.54, 1.807) is 0 Å². The van der Waals surface area contributed by atoms with E-state index in [4.69, 9.17) is 11.6 Å². The zero-order chi connectivity index (χ0) is 15.4. The number of amides is 1. The summed E-state index contributed by atoms with van der Waals surface area (Å²) in [4.78, 5) is 12.0. The summed E-state index contributed by atoms with van der Waals surface area (Å²) in [6.07, 6.45) is 0. The van der Waals surface area contributed by atoms with E-state index in [-0.39, 0.29) is 22.1 Å². The van der Waals surface area contributed by atoms with Gasteiger partial charge in [0.2, 0.25) is 0 Å². The molecule has 0 saturated carbocycles. The molecule has 7 heteroatoms. The van der Waals surface area contributed by atoms with Gasteiger partial charge in [0, 0.05) is 5.69 Å². The van der Waals surface area contributed by atoms with Crippen molar-refractivity contribution in [2.24, 2.45) is 0 Å². The Hall–Kier alpha value is -2.34. The number of ether oxygens (including phenoxy) is 1. The van der Waals surface area contributed by atoms with E-state index < -0.39 is 12.5 Å². The van der Waals surface area contributed by atoms with Crippen molar-refractivity contribution in [3.05, 3.63) is 53.1 Å². The lowest BCUT2D eigenvalue weighted by atomic mass is 10.2. The second-order valence-corrected chi connectivity index (χ2v) is 4.43. The molecule has 0 bridgehead atoms. The number of alkyl halides is 2. The molecule has 21 heavy (non-hydrogen) atoms. The zero-order valence-electron chi connectivity index (χ0n) is 10.5. The highest BCUT2D eigenvalue weighted by molar-refractivity contribution is 6.34. The van der Waals surface area contributed by atoms with Gasteiger partial charge in [-0.05, 0) is 42.5 Å². The number of rotatable bonds is 4. The monoisotopic (exact) mass is 313 g/mol. The Balaban J connectivity index is 2.10. The molecule has 2 aromatic rings. The minimum Gasteiger partial charge on any atom is -0.508 e. The summed E-state index contributed by atoms with van der Waals surface area (Å²) in [7, 11) is 0. The van der Waals surface area contributed by atoms with Crippen LogP contribution in [0.25, 0.3) is 0 Å². The fourth-order valence-corrected chi connectivity index (χ4v) is 1.81. The molecule has 2 rings (SSSR count). The minimum atomic E-state index is -2.91. The number of hydrogen-bond donors (Lipinski definition) is 2. The maximum absolute atomic E-state index is 12.0. The van der Waals surface area contributed by atoms with Crippen LogP contribution in [0.3, 0.4) is 0 Å². The summed E-state index contributed by atoms with van der Waals surface area (Å²) in [5, 5.41) is 12.1. The van der Waals surface area contributed by atoms with Gasteiger partial charge in [-0.1, -0.05) is 11.6 Å². The number of phenols is 1. The lowest BCUT2D eigenvalue weighted by Gasteiger charge is -2.08. The quantitative estimate of drug-likeness (QED) is 0.900. The molecule has 0 unspecified atom stereocenters. The second-order valence-electron chi connectivity index (χ2n) is 4.02. The molecule has 110 valence electrons. The predicted octanol–water partition coefficient (Wildman–Crippen LogP) is 3.90. The highest BCUT2D eigenvalue weighted by atomic mass is 35.5. The zero-order valence-corrected chi connectivity index (χ0v) is 11.3. The number of nitrogens with one attached hydrogen (secondary N) is 1. The summed E-state index contributed by atoms with van der Waals surface area (Å²) in [5.41, 5.74) is 0.477. The average Bonchev–Trinajstić information content (AvgIpc) is 2.43. The molecule has 0 aliphatic carbocycles. The van der Waals surface area contributed by atoms with Gasteiger partial charge in [-0.2, -0.15) is 8.78 Å². The van der Waals surface area contributed by atoms with Crippen LogP contribution in [0.5, 0.6) is 11.5 Å². The van der Waals surface area contributed by atoms with Gasteiger partial charge < -0.3 is 15.2 Å². The molecule has 0 fully saturated rings. The van der Waals surface area contributed by atoms with Crippen molar-refractivity contribution in [3.63, 3.8) is 0 Å². The number of benzene rings is 2. The van der Waals surface area contributed by atoms with Crippen LogP contribution in [0.15, 0.2) is 42.5 Å². The Labute approximate surface area is 123 Å². The van der Waals surface area contributed by atoms with Gasteiger partial charge in [0.15, 0.2) is 0 Å². The number of anilines is 1. The van der Waals surface area contributed by atoms with Crippen molar-refractivity contribution in [2.75, 3.05) is 5.32 Å². The molecule has 1 amide bonds. The molecule has 0 saturated heterocycles. The van der Waals surface area contributed by atoms with E-state index in [1.807, 2.05) is 0 Å². The lowest BCUT2D eigenvalue weighted by molar-refractivity contribution is -0.0498. The summed E-state index contributed by atoms with van der Waals surface area (Å²) in [6, 6.07) is 9.39. The Kier molecular flexibility index (Phi) is 4.59. The first-order valence-corrected chi connectivity index (χ1v) is 6.18. The topological polar surface area (TPSA) is 58.6 Å². The smallest absolute Gasteiger partial charge is 0.387 e. The van der Waals surface area contributed by atoms with Crippen LogP contribution in [0.2, 0.25) is 5.02 Å². The Bertz CT molecular complexity index is 647. The Morgan fingerprint density at radius 3 is 2.48 bits per heavy atom. The summed E-state index contributed by atoms with van der Waals surface area (Å²) < 4.78 is 28.2. The predicted molar refractivity (Wildman–Crippen MR) is 74.1 cm³/mol. The number of carbonyl (C=O) groups excluding carboxylic acids is 1. The number of carbonyl (C=O) groups is 1. The van der Waals surface area contributed by atoms with Crippen molar-refractivity contribution in [3.8, 4) is 11.5 Å². The molecule has 2 aromatic carbocycles. The van der Waals surface area contributed by atoms with E-state index in [0.717, 1.165) is 0 Å². The van der Waals surface area contributed by atoms with E-state index in [9.17, 15) is 18.7 Å². The molecule has 4 nitrogen and oxygen atoms in total. The van der Waals surface area contributed by atoms with Gasteiger partial charge in [-0.15, -0.1) is 0 Å². The third kappa shape index (κ3) is 4.06. The normalized spacial score (nSPS) is 10.5. The van der Waals surface area contributed by atoms with Gasteiger partial charge in [0.25, 0.3) is 5.91 Å². The largest absolute Gasteiger partial charge is 0.508 e. The standard InChI is InChI=1S/C14H10ClF2NO3/c15-12-6-3-9(19)7-11(12)13(20)18-8-1-4-10(5-2-8)21-14(16)17/h1-7,14,19H,(H,18,20). The van der Waals surface area contributed by atoms with E-state index in [1.165, 1.54) is 42.5 Å². The van der Waals surface area contributed by atoms with Crippen molar-refractivity contribution in [1.82, 2.24) is 0 Å². The van der Waals surface area contributed by atoms with Crippen LogP contribution in [0.1, 0.15) is 10.4 Å². The first kappa shape index (κ1) is 15.1. The van der Waals surface area contributed by atoms with Gasteiger partial charge in [-0.3, -0.25) is 4.79 Å². The number of halogens is 3. The third-order valence-corrected chi connectivity index (χ3v) is 2.86. The molecule has 0 heterocycles. The third-order valence-electron chi connectivity index (χ3n) is 2.53. The van der Waals surface area contributed by atoms with Crippen LogP contribution in [-0.4, -0.2) is 17.6 Å². The maximum Gasteiger partial charge on any atom is 0.387 e. The molecule has 0 aliphatic rings. The lowest BCUT2D eigenvalue weighted by Crippen LogP contribution is -2.12. The van der Waals surface area contributed by atoms with Crippen molar-refractivity contribution >= 4 is 23.2 Å². The van der Waals surface area contributed by atoms with Crippen molar-refractivity contribution in [1.29, 1.82) is 0 Å².